The highest BCUT2D eigenvalue weighted by Gasteiger charge is 2.19. The molecule has 0 aliphatic rings. The van der Waals surface area contributed by atoms with Crippen LogP contribution in [0.15, 0.2) is 65.8 Å². The second-order valence-electron chi connectivity index (χ2n) is 7.13. The average Bonchev–Trinajstić information content (AvgIpc) is 3.21. The zero-order chi connectivity index (χ0) is 21.7. The summed E-state index contributed by atoms with van der Waals surface area (Å²) in [7, 11) is -3.93. The molecule has 3 aromatic rings. The number of carbonyl (C=O) groups excluding carboxylic acids is 1. The minimum atomic E-state index is -3.93. The fourth-order valence-corrected chi connectivity index (χ4v) is 3.98. The van der Waals surface area contributed by atoms with Crippen molar-refractivity contribution in [3.8, 4) is 0 Å². The molecule has 1 atom stereocenters. The number of nitrogens with one attached hydrogen (secondary N) is 2. The summed E-state index contributed by atoms with van der Waals surface area (Å²) in [6.07, 6.45) is 3.55. The molecular formula is C21H23FN4O3S. The highest BCUT2D eigenvalue weighted by Crippen LogP contribution is 2.20. The second-order valence-corrected chi connectivity index (χ2v) is 8.81. The number of nitrogens with zero attached hydrogens (tertiary/aromatic N) is 2. The SMILES string of the molecule is Cc1ccc(S(=O)(=O)Nc2ccc(F)cc2)cc1C(=O)NCC(C)Cn1cccn1. The van der Waals surface area contributed by atoms with Crippen molar-refractivity contribution in [2.24, 2.45) is 5.92 Å². The molecule has 9 heteroatoms. The largest absolute Gasteiger partial charge is 0.352 e. The van der Waals surface area contributed by atoms with Crippen molar-refractivity contribution in [1.82, 2.24) is 15.1 Å². The molecule has 158 valence electrons. The maximum absolute atomic E-state index is 13.0. The second kappa shape index (κ2) is 9.08. The van der Waals surface area contributed by atoms with Gasteiger partial charge in [0.25, 0.3) is 15.9 Å². The molecule has 1 heterocycles. The highest BCUT2D eigenvalue weighted by atomic mass is 32.2. The van der Waals surface area contributed by atoms with Gasteiger partial charge in [0.1, 0.15) is 5.82 Å². The third-order valence-corrected chi connectivity index (χ3v) is 5.91. The molecule has 30 heavy (non-hydrogen) atoms. The smallest absolute Gasteiger partial charge is 0.261 e. The van der Waals surface area contributed by atoms with Crippen LogP contribution < -0.4 is 10.0 Å². The molecular weight excluding hydrogens is 407 g/mol. The molecule has 7 nitrogen and oxygen atoms in total. The average molecular weight is 431 g/mol. The van der Waals surface area contributed by atoms with Gasteiger partial charge >= 0.3 is 0 Å². The van der Waals surface area contributed by atoms with E-state index in [4.69, 9.17) is 0 Å². The molecule has 0 aliphatic carbocycles. The summed E-state index contributed by atoms with van der Waals surface area (Å²) in [4.78, 5) is 12.6. The van der Waals surface area contributed by atoms with E-state index in [0.717, 1.165) is 12.1 Å². The van der Waals surface area contributed by atoms with Crippen molar-refractivity contribution in [1.29, 1.82) is 0 Å². The van der Waals surface area contributed by atoms with Gasteiger partial charge in [0.2, 0.25) is 0 Å². The lowest BCUT2D eigenvalue weighted by molar-refractivity contribution is 0.0945. The van der Waals surface area contributed by atoms with Crippen LogP contribution in [0.5, 0.6) is 0 Å². The molecule has 1 amide bonds. The van der Waals surface area contributed by atoms with Gasteiger partial charge in [0, 0.05) is 36.7 Å². The number of benzene rings is 2. The number of aromatic nitrogens is 2. The van der Waals surface area contributed by atoms with E-state index in [1.165, 1.54) is 24.3 Å². The molecule has 0 radical (unpaired) electrons. The van der Waals surface area contributed by atoms with E-state index in [0.29, 0.717) is 18.7 Å². The van der Waals surface area contributed by atoms with Gasteiger partial charge < -0.3 is 5.32 Å². The van der Waals surface area contributed by atoms with Gasteiger partial charge in [0.05, 0.1) is 4.90 Å². The molecule has 0 bridgehead atoms. The van der Waals surface area contributed by atoms with Gasteiger partial charge in [-0.2, -0.15) is 5.10 Å². The molecule has 3 rings (SSSR count). The third-order valence-electron chi connectivity index (χ3n) is 4.53. The zero-order valence-corrected chi connectivity index (χ0v) is 17.5. The first kappa shape index (κ1) is 21.5. The molecule has 0 spiro atoms. The Kier molecular flexibility index (Phi) is 6.51. The van der Waals surface area contributed by atoms with E-state index < -0.39 is 15.8 Å². The Morgan fingerprint density at radius 3 is 2.60 bits per heavy atom. The standard InChI is InChI=1S/C21H23FN4O3S/c1-15(14-26-11-3-10-24-26)13-23-21(27)20-12-19(9-4-16(20)2)30(28,29)25-18-7-5-17(22)6-8-18/h3-12,15,25H,13-14H2,1-2H3,(H,23,27). The van der Waals surface area contributed by atoms with E-state index in [9.17, 15) is 17.6 Å². The summed E-state index contributed by atoms with van der Waals surface area (Å²) in [5.74, 6) is -0.672. The molecule has 2 aromatic carbocycles. The Labute approximate surface area is 175 Å². The van der Waals surface area contributed by atoms with E-state index in [-0.39, 0.29) is 28.0 Å². The van der Waals surface area contributed by atoms with Crippen molar-refractivity contribution in [2.75, 3.05) is 11.3 Å². The summed E-state index contributed by atoms with van der Waals surface area (Å²) in [5.41, 5.74) is 1.17. The van der Waals surface area contributed by atoms with Crippen molar-refractivity contribution >= 4 is 21.6 Å². The summed E-state index contributed by atoms with van der Waals surface area (Å²) < 4.78 is 42.6. The number of anilines is 1. The van der Waals surface area contributed by atoms with E-state index in [2.05, 4.69) is 15.1 Å². The van der Waals surface area contributed by atoms with Crippen molar-refractivity contribution in [2.45, 2.75) is 25.3 Å². The summed E-state index contributed by atoms with van der Waals surface area (Å²) in [6, 6.07) is 11.2. The summed E-state index contributed by atoms with van der Waals surface area (Å²) in [5, 5.41) is 6.99. The first-order chi connectivity index (χ1) is 14.2. The lowest BCUT2D eigenvalue weighted by atomic mass is 10.1. The number of carbonyl (C=O) groups is 1. The molecule has 2 N–H and O–H groups in total. The molecule has 1 aromatic heterocycles. The number of hydrogen-bond acceptors (Lipinski definition) is 4. The van der Waals surface area contributed by atoms with E-state index in [1.54, 1.807) is 23.9 Å². The number of aryl methyl sites for hydroxylation is 1. The van der Waals surface area contributed by atoms with Crippen LogP contribution in [0.4, 0.5) is 10.1 Å². The van der Waals surface area contributed by atoms with Crippen molar-refractivity contribution in [3.63, 3.8) is 0 Å². The van der Waals surface area contributed by atoms with Gasteiger partial charge in [-0.25, -0.2) is 12.8 Å². The number of halogens is 1. The molecule has 0 fully saturated rings. The topological polar surface area (TPSA) is 93.1 Å². The monoisotopic (exact) mass is 430 g/mol. The van der Waals surface area contributed by atoms with Crippen LogP contribution >= 0.6 is 0 Å². The van der Waals surface area contributed by atoms with Crippen molar-refractivity contribution in [3.05, 3.63) is 77.9 Å². The van der Waals surface area contributed by atoms with Gasteiger partial charge in [-0.1, -0.05) is 13.0 Å². The Morgan fingerprint density at radius 2 is 1.93 bits per heavy atom. The Morgan fingerprint density at radius 1 is 1.20 bits per heavy atom. The minimum absolute atomic E-state index is 0.0489. The fraction of sp³-hybridized carbons (Fsp3) is 0.238. The maximum atomic E-state index is 13.0. The van der Waals surface area contributed by atoms with E-state index >= 15 is 0 Å². The predicted octanol–water partition coefficient (Wildman–Crippen LogP) is 3.20. The maximum Gasteiger partial charge on any atom is 0.261 e. The van der Waals surface area contributed by atoms with Crippen molar-refractivity contribution < 1.29 is 17.6 Å². The van der Waals surface area contributed by atoms with Crippen LogP contribution in [0.25, 0.3) is 0 Å². The first-order valence-electron chi connectivity index (χ1n) is 9.39. The van der Waals surface area contributed by atoms with Crippen LogP contribution in [-0.4, -0.2) is 30.7 Å². The van der Waals surface area contributed by atoms with Crippen LogP contribution in [0.2, 0.25) is 0 Å². The van der Waals surface area contributed by atoms with Crippen LogP contribution in [0, 0.1) is 18.7 Å². The number of rotatable bonds is 8. The van der Waals surface area contributed by atoms with Crippen LogP contribution in [-0.2, 0) is 16.6 Å². The quantitative estimate of drug-likeness (QED) is 0.574. The Hall–Kier alpha value is -3.20. The summed E-state index contributed by atoms with van der Waals surface area (Å²) in [6.45, 7) is 4.80. The minimum Gasteiger partial charge on any atom is -0.352 e. The lowest BCUT2D eigenvalue weighted by Gasteiger charge is -2.15. The number of hydrogen-bond donors (Lipinski definition) is 2. The van der Waals surface area contributed by atoms with Gasteiger partial charge in [0.15, 0.2) is 0 Å². The molecule has 0 saturated carbocycles. The van der Waals surface area contributed by atoms with Crippen LogP contribution in [0.3, 0.4) is 0 Å². The van der Waals surface area contributed by atoms with Crippen LogP contribution in [0.1, 0.15) is 22.8 Å². The van der Waals surface area contributed by atoms with Gasteiger partial charge in [-0.05, 0) is 60.9 Å². The molecule has 0 aliphatic heterocycles. The normalized spacial score (nSPS) is 12.4. The van der Waals surface area contributed by atoms with Gasteiger partial charge in [-0.3, -0.25) is 14.2 Å². The Balaban J connectivity index is 1.70. The number of amides is 1. The zero-order valence-electron chi connectivity index (χ0n) is 16.7. The fourth-order valence-electron chi connectivity index (χ4n) is 2.90. The lowest BCUT2D eigenvalue weighted by Crippen LogP contribution is -2.30. The predicted molar refractivity (Wildman–Crippen MR) is 112 cm³/mol. The molecule has 0 saturated heterocycles. The Bertz CT molecular complexity index is 1110. The van der Waals surface area contributed by atoms with E-state index in [1.807, 2.05) is 19.2 Å². The van der Waals surface area contributed by atoms with Gasteiger partial charge in [-0.15, -0.1) is 0 Å². The number of sulfonamides is 1. The summed E-state index contributed by atoms with van der Waals surface area (Å²) >= 11 is 0. The third kappa shape index (κ3) is 5.44. The first-order valence-corrected chi connectivity index (χ1v) is 10.9. The molecule has 1 unspecified atom stereocenters. The highest BCUT2D eigenvalue weighted by molar-refractivity contribution is 7.92.